The van der Waals surface area contributed by atoms with E-state index in [1.165, 1.54) is 0 Å². The molecule has 4 nitrogen and oxygen atoms in total. The second kappa shape index (κ2) is 6.22. The fourth-order valence-electron chi connectivity index (χ4n) is 2.02. The minimum atomic E-state index is -0.121. The fraction of sp³-hybridized carbons (Fsp3) is 0.333. The molecule has 0 radical (unpaired) electrons. The highest BCUT2D eigenvalue weighted by Gasteiger charge is 2.14. The van der Waals surface area contributed by atoms with Crippen LogP contribution in [0, 0.1) is 6.92 Å². The van der Waals surface area contributed by atoms with Crippen molar-refractivity contribution in [1.82, 2.24) is 9.78 Å². The van der Waals surface area contributed by atoms with Gasteiger partial charge in [0.15, 0.2) is 0 Å². The zero-order valence-corrected chi connectivity index (χ0v) is 13.5. The van der Waals surface area contributed by atoms with Gasteiger partial charge in [-0.1, -0.05) is 22.9 Å². The molecule has 1 N–H and O–H groups in total. The first-order valence-corrected chi connectivity index (χ1v) is 7.48. The molecule has 1 aromatic carbocycles. The Balaban J connectivity index is 2.25. The summed E-state index contributed by atoms with van der Waals surface area (Å²) in [5.41, 5.74) is 3.38. The summed E-state index contributed by atoms with van der Waals surface area (Å²) in [6.45, 7) is 6.66. The van der Waals surface area contributed by atoms with Crippen LogP contribution in [-0.2, 0) is 13.0 Å². The molecular weight excluding hydrogens is 318 g/mol. The van der Waals surface area contributed by atoms with Crippen molar-refractivity contribution in [3.8, 4) is 0 Å². The van der Waals surface area contributed by atoms with Gasteiger partial charge in [-0.2, -0.15) is 5.10 Å². The zero-order chi connectivity index (χ0) is 14.7. The van der Waals surface area contributed by atoms with Crippen LogP contribution in [0.5, 0.6) is 0 Å². The van der Waals surface area contributed by atoms with Gasteiger partial charge in [0.05, 0.1) is 5.69 Å². The Morgan fingerprint density at radius 1 is 1.35 bits per heavy atom. The molecule has 20 heavy (non-hydrogen) atoms. The van der Waals surface area contributed by atoms with E-state index in [9.17, 15) is 4.79 Å². The number of aryl methyl sites for hydroxylation is 3. The highest BCUT2D eigenvalue weighted by Crippen LogP contribution is 2.20. The predicted octanol–water partition coefficient (Wildman–Crippen LogP) is 3.79. The number of amides is 1. The van der Waals surface area contributed by atoms with E-state index >= 15 is 0 Å². The van der Waals surface area contributed by atoms with Crippen molar-refractivity contribution in [3.63, 3.8) is 0 Å². The summed E-state index contributed by atoms with van der Waals surface area (Å²) >= 11 is 3.42. The average Bonchev–Trinajstić information content (AvgIpc) is 2.85. The Morgan fingerprint density at radius 2 is 2.10 bits per heavy atom. The van der Waals surface area contributed by atoms with Gasteiger partial charge in [-0.25, -0.2) is 0 Å². The summed E-state index contributed by atoms with van der Waals surface area (Å²) in [5.74, 6) is -0.121. The molecule has 0 fully saturated rings. The highest BCUT2D eigenvalue weighted by molar-refractivity contribution is 9.10. The SMILES string of the molecule is CCc1cc(C(=O)Nc2ccc(Br)cc2C)n(CC)n1. The molecular formula is C15H18BrN3O. The Hall–Kier alpha value is -1.62. The van der Waals surface area contributed by atoms with Crippen molar-refractivity contribution in [3.05, 3.63) is 45.7 Å². The number of aromatic nitrogens is 2. The van der Waals surface area contributed by atoms with Crippen molar-refractivity contribution < 1.29 is 4.79 Å². The Kier molecular flexibility index (Phi) is 4.60. The van der Waals surface area contributed by atoms with E-state index in [0.717, 1.165) is 27.8 Å². The van der Waals surface area contributed by atoms with Gasteiger partial charge in [0, 0.05) is 16.7 Å². The molecule has 0 aliphatic carbocycles. The van der Waals surface area contributed by atoms with Crippen LogP contribution in [0.1, 0.15) is 35.6 Å². The molecule has 5 heteroatoms. The molecule has 0 atom stereocenters. The summed E-state index contributed by atoms with van der Waals surface area (Å²) < 4.78 is 2.74. The Bertz CT molecular complexity index is 634. The second-order valence-electron chi connectivity index (χ2n) is 4.60. The molecule has 106 valence electrons. The number of benzene rings is 1. The monoisotopic (exact) mass is 335 g/mol. The third kappa shape index (κ3) is 3.10. The standard InChI is InChI=1S/C15H18BrN3O/c1-4-12-9-14(19(5-2)18-12)15(20)17-13-7-6-11(16)8-10(13)3/h6-9H,4-5H2,1-3H3,(H,17,20). The molecule has 1 aromatic heterocycles. The van der Waals surface area contributed by atoms with Gasteiger partial charge in [0.2, 0.25) is 0 Å². The van der Waals surface area contributed by atoms with Gasteiger partial charge in [-0.05, 0) is 50.1 Å². The second-order valence-corrected chi connectivity index (χ2v) is 5.52. The highest BCUT2D eigenvalue weighted by atomic mass is 79.9. The van der Waals surface area contributed by atoms with E-state index in [2.05, 4.69) is 26.3 Å². The number of hydrogen-bond acceptors (Lipinski definition) is 2. The molecule has 0 aliphatic heterocycles. The number of carbonyl (C=O) groups excluding carboxylic acids is 1. The Morgan fingerprint density at radius 3 is 2.70 bits per heavy atom. The number of halogens is 1. The molecule has 1 amide bonds. The smallest absolute Gasteiger partial charge is 0.273 e. The van der Waals surface area contributed by atoms with E-state index in [1.54, 1.807) is 4.68 Å². The normalized spacial score (nSPS) is 10.6. The third-order valence-electron chi connectivity index (χ3n) is 3.16. The average molecular weight is 336 g/mol. The van der Waals surface area contributed by atoms with Gasteiger partial charge < -0.3 is 5.32 Å². The van der Waals surface area contributed by atoms with E-state index in [0.29, 0.717) is 12.2 Å². The third-order valence-corrected chi connectivity index (χ3v) is 3.65. The topological polar surface area (TPSA) is 46.9 Å². The fourth-order valence-corrected chi connectivity index (χ4v) is 2.50. The van der Waals surface area contributed by atoms with Gasteiger partial charge in [0.1, 0.15) is 5.69 Å². The lowest BCUT2D eigenvalue weighted by Gasteiger charge is -2.09. The molecule has 2 aromatic rings. The van der Waals surface area contributed by atoms with Crippen molar-refractivity contribution in [2.75, 3.05) is 5.32 Å². The van der Waals surface area contributed by atoms with Crippen molar-refractivity contribution >= 4 is 27.5 Å². The first kappa shape index (κ1) is 14.8. The van der Waals surface area contributed by atoms with Crippen LogP contribution in [0.25, 0.3) is 0 Å². The van der Waals surface area contributed by atoms with E-state index in [4.69, 9.17) is 0 Å². The van der Waals surface area contributed by atoms with Crippen LogP contribution in [0.2, 0.25) is 0 Å². The molecule has 0 saturated heterocycles. The van der Waals surface area contributed by atoms with Gasteiger partial charge in [-0.15, -0.1) is 0 Å². The molecule has 1 heterocycles. The van der Waals surface area contributed by atoms with Gasteiger partial charge >= 0.3 is 0 Å². The summed E-state index contributed by atoms with van der Waals surface area (Å²) in [7, 11) is 0. The number of hydrogen-bond donors (Lipinski definition) is 1. The maximum Gasteiger partial charge on any atom is 0.273 e. The summed E-state index contributed by atoms with van der Waals surface area (Å²) in [4.78, 5) is 12.4. The van der Waals surface area contributed by atoms with Gasteiger partial charge in [0.25, 0.3) is 5.91 Å². The summed E-state index contributed by atoms with van der Waals surface area (Å²) in [5, 5.41) is 7.34. The van der Waals surface area contributed by atoms with E-state index in [1.807, 2.05) is 45.0 Å². The molecule has 0 aliphatic rings. The molecule has 0 bridgehead atoms. The van der Waals surface area contributed by atoms with E-state index in [-0.39, 0.29) is 5.91 Å². The zero-order valence-electron chi connectivity index (χ0n) is 11.9. The predicted molar refractivity (Wildman–Crippen MR) is 84.1 cm³/mol. The molecule has 0 unspecified atom stereocenters. The van der Waals surface area contributed by atoms with Crippen LogP contribution in [0.15, 0.2) is 28.7 Å². The van der Waals surface area contributed by atoms with E-state index < -0.39 is 0 Å². The number of rotatable bonds is 4. The van der Waals surface area contributed by atoms with Crippen LogP contribution in [0.3, 0.4) is 0 Å². The lowest BCUT2D eigenvalue weighted by Crippen LogP contribution is -2.17. The van der Waals surface area contributed by atoms with Crippen molar-refractivity contribution in [2.24, 2.45) is 0 Å². The minimum absolute atomic E-state index is 0.121. The van der Waals surface area contributed by atoms with Crippen LogP contribution >= 0.6 is 15.9 Å². The minimum Gasteiger partial charge on any atom is -0.320 e. The Labute approximate surface area is 127 Å². The first-order chi connectivity index (χ1) is 9.55. The maximum absolute atomic E-state index is 12.4. The lowest BCUT2D eigenvalue weighted by molar-refractivity contribution is 0.101. The number of nitrogens with zero attached hydrogens (tertiary/aromatic N) is 2. The summed E-state index contributed by atoms with van der Waals surface area (Å²) in [6, 6.07) is 7.64. The maximum atomic E-state index is 12.4. The van der Waals surface area contributed by atoms with Crippen LogP contribution in [0.4, 0.5) is 5.69 Å². The number of anilines is 1. The molecule has 2 rings (SSSR count). The summed E-state index contributed by atoms with van der Waals surface area (Å²) in [6.07, 6.45) is 0.824. The lowest BCUT2D eigenvalue weighted by atomic mass is 10.2. The largest absolute Gasteiger partial charge is 0.320 e. The quantitative estimate of drug-likeness (QED) is 0.923. The van der Waals surface area contributed by atoms with Crippen molar-refractivity contribution in [1.29, 1.82) is 0 Å². The van der Waals surface area contributed by atoms with Crippen LogP contribution in [-0.4, -0.2) is 15.7 Å². The number of carbonyl (C=O) groups is 1. The number of nitrogens with one attached hydrogen (secondary N) is 1. The van der Waals surface area contributed by atoms with Crippen LogP contribution < -0.4 is 5.32 Å². The molecule has 0 spiro atoms. The first-order valence-electron chi connectivity index (χ1n) is 6.69. The molecule has 0 saturated carbocycles. The van der Waals surface area contributed by atoms with Gasteiger partial charge in [-0.3, -0.25) is 9.48 Å². The van der Waals surface area contributed by atoms with Crippen molar-refractivity contribution in [2.45, 2.75) is 33.7 Å².